The molecule has 0 radical (unpaired) electrons. The molecular formula is C22H22N2O5S. The van der Waals surface area contributed by atoms with E-state index in [1.807, 2.05) is 31.2 Å². The fraction of sp³-hybridized carbons (Fsp3) is 0.273. The molecule has 2 aromatic carbocycles. The summed E-state index contributed by atoms with van der Waals surface area (Å²) >= 11 is 1.33. The second-order valence-electron chi connectivity index (χ2n) is 6.38. The van der Waals surface area contributed by atoms with Crippen LogP contribution in [0.1, 0.15) is 47.0 Å². The van der Waals surface area contributed by atoms with E-state index >= 15 is 0 Å². The molecule has 0 N–H and O–H groups in total. The van der Waals surface area contributed by atoms with Gasteiger partial charge in [-0.15, -0.1) is 0 Å². The second kappa shape index (κ2) is 9.49. The highest BCUT2D eigenvalue weighted by molar-refractivity contribution is 7.16. The molecule has 1 aromatic heterocycles. The van der Waals surface area contributed by atoms with Crippen molar-refractivity contribution in [3.05, 3.63) is 64.5 Å². The van der Waals surface area contributed by atoms with Crippen molar-refractivity contribution in [2.24, 2.45) is 4.99 Å². The molecule has 1 amide bonds. The molecule has 3 aromatic rings. The molecule has 0 aliphatic rings. The first-order valence-electron chi connectivity index (χ1n) is 9.54. The van der Waals surface area contributed by atoms with Gasteiger partial charge in [0, 0.05) is 5.56 Å². The van der Waals surface area contributed by atoms with Crippen molar-refractivity contribution in [1.29, 1.82) is 0 Å². The largest absolute Gasteiger partial charge is 0.465 e. The highest BCUT2D eigenvalue weighted by atomic mass is 32.1. The molecule has 0 aliphatic carbocycles. The standard InChI is InChI=1S/C22H22N2O5S/c1-4-16(21(27)29-5-2)24-17-8-6-7-9-18(17)30-22(24)23-19(25)14-10-12-15(13-11-14)20(26)28-3/h6-13,16H,4-5H2,1-3H3. The zero-order valence-electron chi connectivity index (χ0n) is 17.0. The van der Waals surface area contributed by atoms with E-state index in [1.54, 1.807) is 11.5 Å². The zero-order valence-corrected chi connectivity index (χ0v) is 17.8. The minimum Gasteiger partial charge on any atom is -0.465 e. The van der Waals surface area contributed by atoms with Gasteiger partial charge < -0.3 is 14.0 Å². The maximum atomic E-state index is 12.8. The number of amides is 1. The van der Waals surface area contributed by atoms with Crippen molar-refractivity contribution in [2.45, 2.75) is 26.3 Å². The Morgan fingerprint density at radius 2 is 1.70 bits per heavy atom. The van der Waals surface area contributed by atoms with Gasteiger partial charge in [0.25, 0.3) is 5.91 Å². The first-order chi connectivity index (χ1) is 14.5. The van der Waals surface area contributed by atoms with E-state index in [-0.39, 0.29) is 12.6 Å². The maximum absolute atomic E-state index is 12.8. The fourth-order valence-corrected chi connectivity index (χ4v) is 4.15. The number of thiazole rings is 1. The van der Waals surface area contributed by atoms with Crippen LogP contribution in [0, 0.1) is 0 Å². The third-order valence-corrected chi connectivity index (χ3v) is 5.57. The summed E-state index contributed by atoms with van der Waals surface area (Å²) in [5.74, 6) is -1.31. The summed E-state index contributed by atoms with van der Waals surface area (Å²) in [5.41, 5.74) is 1.49. The molecule has 1 heterocycles. The SMILES string of the molecule is CCOC(=O)C(CC)n1c(=NC(=O)c2ccc(C(=O)OC)cc2)sc2ccccc21. The minimum absolute atomic E-state index is 0.274. The maximum Gasteiger partial charge on any atom is 0.337 e. The van der Waals surface area contributed by atoms with E-state index in [9.17, 15) is 14.4 Å². The highest BCUT2D eigenvalue weighted by Crippen LogP contribution is 2.23. The topological polar surface area (TPSA) is 87.0 Å². The molecule has 8 heteroatoms. The number of nitrogens with zero attached hydrogens (tertiary/aromatic N) is 2. The van der Waals surface area contributed by atoms with Crippen molar-refractivity contribution >= 4 is 39.4 Å². The highest BCUT2D eigenvalue weighted by Gasteiger charge is 2.24. The summed E-state index contributed by atoms with van der Waals surface area (Å²) in [6.45, 7) is 3.92. The molecular weight excluding hydrogens is 404 g/mol. The van der Waals surface area contributed by atoms with Crippen LogP contribution >= 0.6 is 11.3 Å². The zero-order chi connectivity index (χ0) is 21.7. The van der Waals surface area contributed by atoms with Gasteiger partial charge in [0.15, 0.2) is 4.80 Å². The van der Waals surface area contributed by atoms with Crippen LogP contribution in [0.4, 0.5) is 0 Å². The molecule has 30 heavy (non-hydrogen) atoms. The van der Waals surface area contributed by atoms with Crippen LogP contribution in [0.2, 0.25) is 0 Å². The van der Waals surface area contributed by atoms with Crippen molar-refractivity contribution < 1.29 is 23.9 Å². The normalized spacial score (nSPS) is 12.6. The molecule has 1 unspecified atom stereocenters. The lowest BCUT2D eigenvalue weighted by Gasteiger charge is -2.16. The first-order valence-corrected chi connectivity index (χ1v) is 10.4. The fourth-order valence-electron chi connectivity index (χ4n) is 3.08. The van der Waals surface area contributed by atoms with Gasteiger partial charge in [-0.3, -0.25) is 4.79 Å². The molecule has 0 bridgehead atoms. The van der Waals surface area contributed by atoms with Crippen molar-refractivity contribution in [2.75, 3.05) is 13.7 Å². The van der Waals surface area contributed by atoms with Crippen molar-refractivity contribution in [1.82, 2.24) is 4.57 Å². The van der Waals surface area contributed by atoms with Gasteiger partial charge in [0.1, 0.15) is 6.04 Å². The Balaban J connectivity index is 2.08. The average Bonchev–Trinajstić information content (AvgIpc) is 3.12. The van der Waals surface area contributed by atoms with Gasteiger partial charge in [-0.2, -0.15) is 4.99 Å². The molecule has 156 valence electrons. The Hall–Kier alpha value is -3.26. The van der Waals surface area contributed by atoms with Gasteiger partial charge in [-0.25, -0.2) is 9.59 Å². The molecule has 0 aliphatic heterocycles. The lowest BCUT2D eigenvalue weighted by atomic mass is 10.1. The Labute approximate surface area is 177 Å². The van der Waals surface area contributed by atoms with Gasteiger partial charge in [0.2, 0.25) is 0 Å². The molecule has 0 saturated heterocycles. The third kappa shape index (κ3) is 4.33. The van der Waals surface area contributed by atoms with E-state index in [0.717, 1.165) is 10.2 Å². The number of esters is 2. The van der Waals surface area contributed by atoms with Crippen LogP contribution in [0.15, 0.2) is 53.5 Å². The number of hydrogen-bond acceptors (Lipinski definition) is 6. The summed E-state index contributed by atoms with van der Waals surface area (Å²) < 4.78 is 12.6. The van der Waals surface area contributed by atoms with Gasteiger partial charge >= 0.3 is 11.9 Å². The Morgan fingerprint density at radius 1 is 1.03 bits per heavy atom. The average molecular weight is 426 g/mol. The van der Waals surface area contributed by atoms with Gasteiger partial charge in [0.05, 0.1) is 29.5 Å². The summed E-state index contributed by atoms with van der Waals surface area (Å²) in [6.07, 6.45) is 0.495. The molecule has 7 nitrogen and oxygen atoms in total. The van der Waals surface area contributed by atoms with Gasteiger partial charge in [-0.05, 0) is 49.7 Å². The van der Waals surface area contributed by atoms with Crippen LogP contribution in [0.25, 0.3) is 10.2 Å². The molecule has 0 fully saturated rings. The van der Waals surface area contributed by atoms with Crippen molar-refractivity contribution in [3.63, 3.8) is 0 Å². The van der Waals surface area contributed by atoms with E-state index in [2.05, 4.69) is 9.73 Å². The summed E-state index contributed by atoms with van der Waals surface area (Å²) in [6, 6.07) is 13.1. The van der Waals surface area contributed by atoms with Crippen LogP contribution in [0.5, 0.6) is 0 Å². The minimum atomic E-state index is -0.589. The van der Waals surface area contributed by atoms with Crippen LogP contribution in [-0.2, 0) is 14.3 Å². The van der Waals surface area contributed by atoms with Crippen LogP contribution in [-0.4, -0.2) is 36.1 Å². The van der Waals surface area contributed by atoms with Gasteiger partial charge in [-0.1, -0.05) is 30.4 Å². The van der Waals surface area contributed by atoms with E-state index in [1.165, 1.54) is 42.7 Å². The summed E-state index contributed by atoms with van der Waals surface area (Å²) in [4.78, 5) is 41.6. The molecule has 0 saturated carbocycles. The number of methoxy groups -OCH3 is 1. The number of benzene rings is 2. The number of carbonyl (C=O) groups is 3. The molecule has 1 atom stereocenters. The predicted molar refractivity (Wildman–Crippen MR) is 113 cm³/mol. The summed E-state index contributed by atoms with van der Waals surface area (Å²) in [5, 5.41) is 0. The Kier molecular flexibility index (Phi) is 6.79. The lowest BCUT2D eigenvalue weighted by Crippen LogP contribution is -2.29. The summed E-state index contributed by atoms with van der Waals surface area (Å²) in [7, 11) is 1.30. The number of carbonyl (C=O) groups excluding carboxylic acids is 3. The van der Waals surface area contributed by atoms with E-state index in [4.69, 9.17) is 4.74 Å². The quantitative estimate of drug-likeness (QED) is 0.561. The Bertz CT molecular complexity index is 1140. The number of aromatic nitrogens is 1. The van der Waals surface area contributed by atoms with E-state index < -0.39 is 17.9 Å². The number of fused-ring (bicyclic) bond motifs is 1. The third-order valence-electron chi connectivity index (χ3n) is 4.54. The number of hydrogen-bond donors (Lipinski definition) is 0. The predicted octanol–water partition coefficient (Wildman–Crippen LogP) is 3.74. The molecule has 0 spiro atoms. The second-order valence-corrected chi connectivity index (χ2v) is 7.39. The smallest absolute Gasteiger partial charge is 0.337 e. The number of para-hydroxylation sites is 1. The molecule has 3 rings (SSSR count). The van der Waals surface area contributed by atoms with Crippen LogP contribution < -0.4 is 4.80 Å². The number of rotatable bonds is 6. The first kappa shape index (κ1) is 21.4. The van der Waals surface area contributed by atoms with Crippen LogP contribution in [0.3, 0.4) is 0 Å². The van der Waals surface area contributed by atoms with E-state index in [0.29, 0.717) is 22.3 Å². The number of ether oxygens (including phenoxy) is 2. The lowest BCUT2D eigenvalue weighted by molar-refractivity contribution is -0.147. The Morgan fingerprint density at radius 3 is 2.33 bits per heavy atom. The van der Waals surface area contributed by atoms with Crippen molar-refractivity contribution in [3.8, 4) is 0 Å². The monoisotopic (exact) mass is 426 g/mol.